The first-order chi connectivity index (χ1) is 7.20. The van der Waals surface area contributed by atoms with E-state index in [1.54, 1.807) is 6.20 Å². The highest BCUT2D eigenvalue weighted by Gasteiger charge is 2.04. The Morgan fingerprint density at radius 3 is 2.87 bits per heavy atom. The van der Waals surface area contributed by atoms with Crippen molar-refractivity contribution in [3.8, 4) is 0 Å². The van der Waals surface area contributed by atoms with Gasteiger partial charge in [-0.15, -0.1) is 0 Å². The molecule has 1 aromatic heterocycles. The van der Waals surface area contributed by atoms with Crippen LogP contribution in [0.25, 0.3) is 0 Å². The molecule has 0 saturated heterocycles. The van der Waals surface area contributed by atoms with Crippen molar-refractivity contribution in [1.29, 1.82) is 0 Å². The minimum absolute atomic E-state index is 0.0821. The van der Waals surface area contributed by atoms with Crippen LogP contribution in [0.3, 0.4) is 0 Å². The first-order valence-corrected chi connectivity index (χ1v) is 5.43. The summed E-state index contributed by atoms with van der Waals surface area (Å²) in [5.41, 5.74) is 0. The van der Waals surface area contributed by atoms with Gasteiger partial charge in [-0.3, -0.25) is 4.79 Å². The minimum Gasteiger partial charge on any atom is -0.356 e. The van der Waals surface area contributed by atoms with E-state index in [1.807, 2.05) is 30.9 Å². The highest BCUT2D eigenvalue weighted by Crippen LogP contribution is 1.95. The zero-order valence-electron chi connectivity index (χ0n) is 9.44. The van der Waals surface area contributed by atoms with Gasteiger partial charge in [-0.05, 0) is 12.8 Å². The number of rotatable bonds is 6. The summed E-state index contributed by atoms with van der Waals surface area (Å²) in [5.74, 6) is 0.219. The molecule has 1 heterocycles. The molecule has 0 fully saturated rings. The number of hydrogen-bond acceptors (Lipinski definition) is 2. The van der Waals surface area contributed by atoms with E-state index in [-0.39, 0.29) is 11.8 Å². The lowest BCUT2D eigenvalue weighted by Gasteiger charge is -2.07. The van der Waals surface area contributed by atoms with Crippen molar-refractivity contribution < 1.29 is 4.79 Å². The predicted octanol–water partition coefficient (Wildman–Crippen LogP) is 1.44. The monoisotopic (exact) mass is 209 g/mol. The molecule has 1 rings (SSSR count). The van der Waals surface area contributed by atoms with Crippen molar-refractivity contribution in [3.05, 3.63) is 18.7 Å². The van der Waals surface area contributed by atoms with E-state index in [2.05, 4.69) is 10.3 Å². The van der Waals surface area contributed by atoms with Crippen LogP contribution in [0.4, 0.5) is 0 Å². The van der Waals surface area contributed by atoms with Crippen molar-refractivity contribution in [2.75, 3.05) is 6.54 Å². The molecule has 4 nitrogen and oxygen atoms in total. The molecule has 0 saturated carbocycles. The quantitative estimate of drug-likeness (QED) is 0.720. The van der Waals surface area contributed by atoms with Crippen LogP contribution in [0.2, 0.25) is 0 Å². The number of nitrogens with zero attached hydrogens (tertiary/aromatic N) is 2. The standard InChI is InChI=1S/C11H19N3O/c1-10(2)11(15)13-5-3-4-7-14-8-6-12-9-14/h6,8-10H,3-5,7H2,1-2H3,(H,13,15). The largest absolute Gasteiger partial charge is 0.356 e. The lowest BCUT2D eigenvalue weighted by atomic mass is 10.2. The van der Waals surface area contributed by atoms with E-state index in [1.165, 1.54) is 0 Å². The lowest BCUT2D eigenvalue weighted by Crippen LogP contribution is -2.28. The van der Waals surface area contributed by atoms with Crippen LogP contribution in [0.1, 0.15) is 26.7 Å². The molecule has 0 atom stereocenters. The second-order valence-electron chi connectivity index (χ2n) is 3.95. The normalized spacial score (nSPS) is 10.6. The Bertz CT molecular complexity index is 280. The lowest BCUT2D eigenvalue weighted by molar-refractivity contribution is -0.123. The van der Waals surface area contributed by atoms with E-state index in [4.69, 9.17) is 0 Å². The second-order valence-corrected chi connectivity index (χ2v) is 3.95. The fourth-order valence-electron chi connectivity index (χ4n) is 1.25. The van der Waals surface area contributed by atoms with Crippen LogP contribution in [0.5, 0.6) is 0 Å². The average molecular weight is 209 g/mol. The summed E-state index contributed by atoms with van der Waals surface area (Å²) >= 11 is 0. The van der Waals surface area contributed by atoms with Gasteiger partial charge >= 0.3 is 0 Å². The zero-order chi connectivity index (χ0) is 11.1. The Hall–Kier alpha value is -1.32. The van der Waals surface area contributed by atoms with Gasteiger partial charge in [0.2, 0.25) is 5.91 Å². The summed E-state index contributed by atoms with van der Waals surface area (Å²) in [6, 6.07) is 0. The van der Waals surface area contributed by atoms with Gasteiger partial charge in [0.1, 0.15) is 0 Å². The number of aryl methyl sites for hydroxylation is 1. The van der Waals surface area contributed by atoms with Crippen molar-refractivity contribution in [2.24, 2.45) is 5.92 Å². The van der Waals surface area contributed by atoms with Crippen molar-refractivity contribution >= 4 is 5.91 Å². The Labute approximate surface area is 90.7 Å². The van der Waals surface area contributed by atoms with E-state index in [0.29, 0.717) is 0 Å². The third kappa shape index (κ3) is 4.63. The van der Waals surface area contributed by atoms with Gasteiger partial charge in [0.25, 0.3) is 0 Å². The number of carbonyl (C=O) groups excluding carboxylic acids is 1. The molecule has 0 aromatic carbocycles. The van der Waals surface area contributed by atoms with Gasteiger partial charge < -0.3 is 9.88 Å². The molecular formula is C11H19N3O. The number of nitrogens with one attached hydrogen (secondary N) is 1. The molecule has 0 spiro atoms. The van der Waals surface area contributed by atoms with Gasteiger partial charge in [-0.25, -0.2) is 4.98 Å². The van der Waals surface area contributed by atoms with Crippen LogP contribution in [-0.2, 0) is 11.3 Å². The Kier molecular flexibility index (Phi) is 4.87. The maximum atomic E-state index is 11.2. The maximum Gasteiger partial charge on any atom is 0.222 e. The fourth-order valence-corrected chi connectivity index (χ4v) is 1.25. The fraction of sp³-hybridized carbons (Fsp3) is 0.636. The first kappa shape index (κ1) is 11.8. The van der Waals surface area contributed by atoms with Crippen LogP contribution in [-0.4, -0.2) is 22.0 Å². The number of imidazole rings is 1. The van der Waals surface area contributed by atoms with E-state index >= 15 is 0 Å². The topological polar surface area (TPSA) is 46.9 Å². The first-order valence-electron chi connectivity index (χ1n) is 5.43. The van der Waals surface area contributed by atoms with E-state index in [9.17, 15) is 4.79 Å². The van der Waals surface area contributed by atoms with Gasteiger partial charge in [0, 0.05) is 31.4 Å². The smallest absolute Gasteiger partial charge is 0.222 e. The molecule has 1 aromatic rings. The zero-order valence-corrected chi connectivity index (χ0v) is 9.44. The Balaban J connectivity index is 2.00. The Morgan fingerprint density at radius 1 is 1.47 bits per heavy atom. The highest BCUT2D eigenvalue weighted by molar-refractivity contribution is 5.77. The van der Waals surface area contributed by atoms with Crippen molar-refractivity contribution in [2.45, 2.75) is 33.2 Å². The third-order valence-corrected chi connectivity index (χ3v) is 2.23. The summed E-state index contributed by atoms with van der Waals surface area (Å²) in [6.07, 6.45) is 7.62. The van der Waals surface area contributed by atoms with Crippen LogP contribution < -0.4 is 5.32 Å². The molecule has 84 valence electrons. The number of hydrogen-bond donors (Lipinski definition) is 1. The Morgan fingerprint density at radius 2 is 2.27 bits per heavy atom. The molecule has 1 amide bonds. The highest BCUT2D eigenvalue weighted by atomic mass is 16.1. The van der Waals surface area contributed by atoms with E-state index < -0.39 is 0 Å². The summed E-state index contributed by atoms with van der Waals surface area (Å²) in [6.45, 7) is 5.55. The number of aromatic nitrogens is 2. The number of unbranched alkanes of at least 4 members (excludes halogenated alkanes) is 1. The molecule has 0 aliphatic heterocycles. The SMILES string of the molecule is CC(C)C(=O)NCCCCn1ccnc1. The summed E-state index contributed by atoms with van der Waals surface area (Å²) in [5, 5.41) is 2.90. The number of carbonyl (C=O) groups is 1. The predicted molar refractivity (Wildman–Crippen MR) is 59.3 cm³/mol. The molecule has 0 radical (unpaired) electrons. The number of amides is 1. The molecule has 15 heavy (non-hydrogen) atoms. The minimum atomic E-state index is 0.0821. The molecule has 0 bridgehead atoms. The molecule has 0 aliphatic rings. The van der Waals surface area contributed by atoms with Crippen LogP contribution >= 0.6 is 0 Å². The average Bonchev–Trinajstić information content (AvgIpc) is 2.69. The molecule has 0 aliphatic carbocycles. The van der Waals surface area contributed by atoms with Crippen LogP contribution in [0.15, 0.2) is 18.7 Å². The van der Waals surface area contributed by atoms with Gasteiger partial charge in [0.05, 0.1) is 6.33 Å². The maximum absolute atomic E-state index is 11.2. The molecule has 1 N–H and O–H groups in total. The summed E-state index contributed by atoms with van der Waals surface area (Å²) in [7, 11) is 0. The second kappa shape index (κ2) is 6.22. The van der Waals surface area contributed by atoms with Crippen LogP contribution in [0, 0.1) is 5.92 Å². The van der Waals surface area contributed by atoms with Gasteiger partial charge in [0.15, 0.2) is 0 Å². The van der Waals surface area contributed by atoms with E-state index in [0.717, 1.165) is 25.9 Å². The summed E-state index contributed by atoms with van der Waals surface area (Å²) < 4.78 is 2.05. The third-order valence-electron chi connectivity index (χ3n) is 2.23. The van der Waals surface area contributed by atoms with Gasteiger partial charge in [-0.2, -0.15) is 0 Å². The van der Waals surface area contributed by atoms with Crippen molar-refractivity contribution in [1.82, 2.24) is 14.9 Å². The molecular weight excluding hydrogens is 190 g/mol. The molecule has 0 unspecified atom stereocenters. The molecule has 4 heteroatoms. The van der Waals surface area contributed by atoms with Gasteiger partial charge in [-0.1, -0.05) is 13.8 Å². The van der Waals surface area contributed by atoms with Crippen molar-refractivity contribution in [3.63, 3.8) is 0 Å². The summed E-state index contributed by atoms with van der Waals surface area (Å²) in [4.78, 5) is 15.2.